The van der Waals surface area contributed by atoms with Crippen molar-refractivity contribution in [3.8, 4) is 0 Å². The third-order valence-electron chi connectivity index (χ3n) is 4.73. The molecule has 0 saturated carbocycles. The summed E-state index contributed by atoms with van der Waals surface area (Å²) >= 11 is 0. The normalized spacial score (nSPS) is 16.2. The molecule has 0 atom stereocenters. The maximum Gasteiger partial charge on any atom is 0.397 e. The lowest BCUT2D eigenvalue weighted by molar-refractivity contribution is -0.892. The average molecular weight is 391 g/mol. The van der Waals surface area contributed by atoms with E-state index in [0.717, 1.165) is 11.6 Å². The summed E-state index contributed by atoms with van der Waals surface area (Å²) in [6, 6.07) is 21.7. The van der Waals surface area contributed by atoms with E-state index in [4.69, 9.17) is 4.55 Å². The van der Waals surface area contributed by atoms with Crippen LogP contribution in [-0.2, 0) is 14.6 Å². The van der Waals surface area contributed by atoms with Gasteiger partial charge in [0.25, 0.3) is 0 Å². The van der Waals surface area contributed by atoms with Crippen molar-refractivity contribution < 1.29 is 21.6 Å². The summed E-state index contributed by atoms with van der Waals surface area (Å²) in [4.78, 5) is 0. The molecule has 0 amide bonds. The lowest BCUT2D eigenvalue weighted by atomic mass is 9.88. The molecule has 146 valence electrons. The van der Waals surface area contributed by atoms with Crippen LogP contribution in [0.15, 0.2) is 66.2 Å². The zero-order valence-corrected chi connectivity index (χ0v) is 16.9. The second-order valence-corrected chi connectivity index (χ2v) is 8.38. The summed E-state index contributed by atoms with van der Waals surface area (Å²) in [5.74, 6) is 0. The van der Waals surface area contributed by atoms with E-state index in [-0.39, 0.29) is 0 Å². The van der Waals surface area contributed by atoms with Crippen molar-refractivity contribution in [1.29, 1.82) is 0 Å². The lowest BCUT2D eigenvalue weighted by Crippen LogP contribution is -2.44. The molecule has 1 saturated heterocycles. The van der Waals surface area contributed by atoms with E-state index in [2.05, 4.69) is 78.9 Å². The minimum absolute atomic E-state index is 0.870. The molecule has 6 heteroatoms. The number of nitrogens with zero attached hydrogens (tertiary/aromatic N) is 1. The highest BCUT2D eigenvalue weighted by atomic mass is 32.3. The molecule has 3 rings (SSSR count). The number of piperidine rings is 1. The van der Waals surface area contributed by atoms with Gasteiger partial charge in [-0.1, -0.05) is 66.2 Å². The second kappa shape index (κ2) is 9.28. The molecular weight excluding hydrogens is 362 g/mol. The zero-order chi connectivity index (χ0) is 19.9. The molecule has 0 bridgehead atoms. The van der Waals surface area contributed by atoms with Crippen LogP contribution in [0.1, 0.15) is 24.0 Å². The smallest absolute Gasteiger partial charge is 0.328 e. The first kappa shape index (κ1) is 21.3. The fourth-order valence-electron chi connectivity index (χ4n) is 3.15. The van der Waals surface area contributed by atoms with Gasteiger partial charge in [-0.3, -0.25) is 8.74 Å². The van der Waals surface area contributed by atoms with E-state index >= 15 is 0 Å². The monoisotopic (exact) mass is 390 g/mol. The van der Waals surface area contributed by atoms with Crippen molar-refractivity contribution in [3.05, 3.63) is 77.4 Å². The highest BCUT2D eigenvalue weighted by Gasteiger charge is 2.24. The third kappa shape index (κ3) is 6.92. The summed E-state index contributed by atoms with van der Waals surface area (Å²) in [6.07, 6.45) is 2.40. The van der Waals surface area contributed by atoms with Gasteiger partial charge in [0.15, 0.2) is 0 Å². The van der Waals surface area contributed by atoms with Crippen LogP contribution in [0.4, 0.5) is 0 Å². The van der Waals surface area contributed by atoms with Crippen molar-refractivity contribution >= 4 is 16.0 Å². The molecule has 0 spiro atoms. The Labute approximate surface area is 162 Å². The van der Waals surface area contributed by atoms with Crippen molar-refractivity contribution in [3.63, 3.8) is 0 Å². The SMILES string of the molecule is COS(=O)(=O)O.C[N+]1(C)CCC(=C(c2ccccc2)c2ccccc2)CC1. The molecule has 1 heterocycles. The number of hydrogen-bond acceptors (Lipinski definition) is 3. The van der Waals surface area contributed by atoms with E-state index in [9.17, 15) is 8.42 Å². The van der Waals surface area contributed by atoms with Crippen molar-refractivity contribution in [2.75, 3.05) is 34.3 Å². The van der Waals surface area contributed by atoms with Gasteiger partial charge < -0.3 is 4.48 Å². The van der Waals surface area contributed by atoms with Crippen LogP contribution in [0.2, 0.25) is 0 Å². The summed E-state index contributed by atoms with van der Waals surface area (Å²) < 4.78 is 30.8. The molecule has 0 aliphatic carbocycles. The van der Waals surface area contributed by atoms with Gasteiger partial charge in [0.1, 0.15) is 0 Å². The average Bonchev–Trinajstić information content (AvgIpc) is 2.65. The molecule has 1 fully saturated rings. The highest BCUT2D eigenvalue weighted by Crippen LogP contribution is 2.33. The first-order valence-corrected chi connectivity index (χ1v) is 10.3. The minimum atomic E-state index is -4.16. The molecule has 0 unspecified atom stereocenters. The Kier molecular flexibility index (Phi) is 7.33. The molecule has 27 heavy (non-hydrogen) atoms. The van der Waals surface area contributed by atoms with E-state index < -0.39 is 10.4 Å². The van der Waals surface area contributed by atoms with Gasteiger partial charge in [-0.15, -0.1) is 0 Å². The van der Waals surface area contributed by atoms with Crippen LogP contribution in [0.25, 0.3) is 5.57 Å². The predicted molar refractivity (Wildman–Crippen MR) is 109 cm³/mol. The van der Waals surface area contributed by atoms with Crippen LogP contribution in [0, 0.1) is 0 Å². The Morgan fingerprint density at radius 1 is 0.889 bits per heavy atom. The number of rotatable bonds is 3. The van der Waals surface area contributed by atoms with Crippen LogP contribution < -0.4 is 0 Å². The van der Waals surface area contributed by atoms with E-state index in [1.807, 2.05) is 0 Å². The number of likely N-dealkylation sites (tertiary alicyclic amines) is 1. The molecule has 0 radical (unpaired) electrons. The molecule has 1 aliphatic heterocycles. The zero-order valence-electron chi connectivity index (χ0n) is 16.1. The molecule has 0 aromatic heterocycles. The summed E-state index contributed by atoms with van der Waals surface area (Å²) in [6.45, 7) is 2.47. The Hall–Kier alpha value is -1.99. The number of hydrogen-bond donors (Lipinski definition) is 1. The minimum Gasteiger partial charge on any atom is -0.328 e. The summed E-state index contributed by atoms with van der Waals surface area (Å²) in [5, 5.41) is 0. The Morgan fingerprint density at radius 2 is 1.26 bits per heavy atom. The van der Waals surface area contributed by atoms with Crippen LogP contribution in [0.3, 0.4) is 0 Å². The highest BCUT2D eigenvalue weighted by molar-refractivity contribution is 7.80. The van der Waals surface area contributed by atoms with Gasteiger partial charge in [0, 0.05) is 12.8 Å². The van der Waals surface area contributed by atoms with E-state index in [1.54, 1.807) is 5.57 Å². The van der Waals surface area contributed by atoms with Crippen LogP contribution >= 0.6 is 0 Å². The van der Waals surface area contributed by atoms with Gasteiger partial charge in [0.05, 0.1) is 34.3 Å². The van der Waals surface area contributed by atoms with Crippen LogP contribution in [-0.4, -0.2) is 51.7 Å². The summed E-state index contributed by atoms with van der Waals surface area (Å²) in [5.41, 5.74) is 5.78. The molecule has 2 aromatic rings. The van der Waals surface area contributed by atoms with Gasteiger partial charge in [-0.25, -0.2) is 0 Å². The fraction of sp³-hybridized carbons (Fsp3) is 0.333. The molecular formula is C21H28NO4S+. The fourth-order valence-corrected chi connectivity index (χ4v) is 3.15. The number of quaternary nitrogens is 1. The van der Waals surface area contributed by atoms with Crippen molar-refractivity contribution in [2.45, 2.75) is 12.8 Å². The predicted octanol–water partition coefficient (Wildman–Crippen LogP) is 3.79. The van der Waals surface area contributed by atoms with Crippen molar-refractivity contribution in [2.24, 2.45) is 0 Å². The maximum atomic E-state index is 9.33. The summed E-state index contributed by atoms with van der Waals surface area (Å²) in [7, 11) is 1.38. The van der Waals surface area contributed by atoms with Gasteiger partial charge in [0.2, 0.25) is 0 Å². The molecule has 1 aliphatic rings. The standard InChI is InChI=1S/C20H24N.CH4O4S/c1-21(2)15-13-19(14-16-21)20(17-9-5-3-6-10-17)18-11-7-4-8-12-18;1-5-6(2,3)4/h3-12H,13-16H2,1-2H3;1H3,(H,2,3,4)/q+1;. The van der Waals surface area contributed by atoms with Gasteiger partial charge >= 0.3 is 10.4 Å². The second-order valence-electron chi connectivity index (χ2n) is 7.19. The van der Waals surface area contributed by atoms with Gasteiger partial charge in [-0.05, 0) is 16.7 Å². The Morgan fingerprint density at radius 3 is 1.59 bits per heavy atom. The molecule has 2 aromatic carbocycles. The van der Waals surface area contributed by atoms with Gasteiger partial charge in [-0.2, -0.15) is 8.42 Å². The maximum absolute atomic E-state index is 9.33. The van der Waals surface area contributed by atoms with E-state index in [0.29, 0.717) is 0 Å². The Balaban J connectivity index is 0.000000380. The third-order valence-corrected chi connectivity index (χ3v) is 5.15. The van der Waals surface area contributed by atoms with E-state index in [1.165, 1.54) is 42.6 Å². The molecule has 5 nitrogen and oxygen atoms in total. The largest absolute Gasteiger partial charge is 0.397 e. The molecule has 1 N–H and O–H groups in total. The first-order valence-electron chi connectivity index (χ1n) is 8.90. The quantitative estimate of drug-likeness (QED) is 0.640. The first-order chi connectivity index (χ1) is 12.7. The topological polar surface area (TPSA) is 63.6 Å². The lowest BCUT2D eigenvalue weighted by Gasteiger charge is -2.35. The van der Waals surface area contributed by atoms with Crippen molar-refractivity contribution in [1.82, 2.24) is 0 Å². The van der Waals surface area contributed by atoms with Crippen LogP contribution in [0.5, 0.6) is 0 Å². The number of benzene rings is 2. The Bertz CT molecular complexity index is 806.